The zero-order chi connectivity index (χ0) is 21.5. The van der Waals surface area contributed by atoms with Crippen molar-refractivity contribution in [1.82, 2.24) is 0 Å². The average Bonchev–Trinajstić information content (AvgIpc) is 2.96. The van der Waals surface area contributed by atoms with Crippen molar-refractivity contribution in [3.8, 4) is 0 Å². The molecule has 4 N–H and O–H groups in total. The third-order valence-electron chi connectivity index (χ3n) is 10.2. The van der Waals surface area contributed by atoms with Crippen LogP contribution in [-0.2, 0) is 0 Å². The summed E-state index contributed by atoms with van der Waals surface area (Å²) < 4.78 is 5.13. The highest BCUT2D eigenvalue weighted by atomic mass is 16.4. The van der Waals surface area contributed by atoms with Crippen LogP contribution in [0.1, 0.15) is 76.7 Å². The number of rotatable bonds is 1. The van der Waals surface area contributed by atoms with Gasteiger partial charge in [-0.15, -0.1) is 0 Å². The van der Waals surface area contributed by atoms with Crippen LogP contribution in [0, 0.1) is 22.7 Å². The molecule has 1 heterocycles. The van der Waals surface area contributed by atoms with Crippen LogP contribution in [0.2, 0.25) is 0 Å². The van der Waals surface area contributed by atoms with Crippen molar-refractivity contribution in [3.05, 3.63) is 34.4 Å². The van der Waals surface area contributed by atoms with Crippen molar-refractivity contribution in [2.24, 2.45) is 22.7 Å². The second-order valence-corrected chi connectivity index (χ2v) is 11.0. The maximum Gasteiger partial charge on any atom is 0.335 e. The van der Waals surface area contributed by atoms with Crippen molar-refractivity contribution in [2.45, 2.75) is 94.5 Å². The minimum absolute atomic E-state index is 0.00396. The molecule has 0 unspecified atom stereocenters. The molecule has 9 atom stereocenters. The minimum Gasteiger partial charge on any atom is -0.431 e. The van der Waals surface area contributed by atoms with E-state index in [1.165, 1.54) is 6.07 Å². The molecule has 0 saturated heterocycles. The van der Waals surface area contributed by atoms with Crippen LogP contribution in [0.4, 0.5) is 0 Å². The van der Waals surface area contributed by atoms with Gasteiger partial charge in [-0.2, -0.15) is 0 Å². The topological polar surface area (TPSA) is 111 Å². The van der Waals surface area contributed by atoms with E-state index >= 15 is 0 Å². The molecule has 0 radical (unpaired) electrons. The summed E-state index contributed by atoms with van der Waals surface area (Å²) >= 11 is 0. The van der Waals surface area contributed by atoms with Gasteiger partial charge in [-0.25, -0.2) is 4.79 Å². The number of hydrogen-bond acceptors (Lipinski definition) is 6. The molecule has 6 nitrogen and oxygen atoms in total. The Bertz CT molecular complexity index is 877. The quantitative estimate of drug-likeness (QED) is 0.557. The van der Waals surface area contributed by atoms with Crippen molar-refractivity contribution in [2.75, 3.05) is 0 Å². The smallest absolute Gasteiger partial charge is 0.335 e. The van der Waals surface area contributed by atoms with Gasteiger partial charge >= 0.3 is 5.63 Å². The highest BCUT2D eigenvalue weighted by Gasteiger charge is 2.71. The van der Waals surface area contributed by atoms with Crippen LogP contribution in [0.25, 0.3) is 0 Å². The number of hydrogen-bond donors (Lipinski definition) is 4. The van der Waals surface area contributed by atoms with Crippen LogP contribution in [0.3, 0.4) is 0 Å². The second kappa shape index (κ2) is 6.41. The Morgan fingerprint density at radius 2 is 1.73 bits per heavy atom. The summed E-state index contributed by atoms with van der Waals surface area (Å²) in [5.41, 5.74) is -2.48. The molecule has 5 rings (SSSR count). The summed E-state index contributed by atoms with van der Waals surface area (Å²) in [6, 6.07) is 3.28. The number of aliphatic hydroxyl groups is 4. The Kier molecular flexibility index (Phi) is 4.42. The highest BCUT2D eigenvalue weighted by molar-refractivity contribution is 5.28. The van der Waals surface area contributed by atoms with Gasteiger partial charge in [0.05, 0.1) is 29.7 Å². The van der Waals surface area contributed by atoms with Gasteiger partial charge in [0.15, 0.2) is 0 Å². The lowest BCUT2D eigenvalue weighted by molar-refractivity contribution is -0.281. The molecule has 30 heavy (non-hydrogen) atoms. The van der Waals surface area contributed by atoms with Gasteiger partial charge in [0.25, 0.3) is 0 Å². The van der Waals surface area contributed by atoms with Crippen LogP contribution in [0.15, 0.2) is 27.6 Å². The number of fused-ring (bicyclic) bond motifs is 5. The molecule has 0 spiro atoms. The first-order valence-electron chi connectivity index (χ1n) is 11.4. The molecule has 0 bridgehead atoms. The fraction of sp³-hybridized carbons (Fsp3) is 0.792. The van der Waals surface area contributed by atoms with Gasteiger partial charge in [0, 0.05) is 23.3 Å². The van der Waals surface area contributed by atoms with E-state index in [1.807, 2.05) is 13.0 Å². The molecule has 6 heteroatoms. The summed E-state index contributed by atoms with van der Waals surface area (Å²) in [6.07, 6.45) is 4.94. The normalized spacial score (nSPS) is 52.9. The van der Waals surface area contributed by atoms with Crippen LogP contribution >= 0.6 is 0 Å². The van der Waals surface area contributed by atoms with E-state index in [2.05, 4.69) is 6.92 Å². The monoisotopic (exact) mass is 418 g/mol. The zero-order valence-electron chi connectivity index (χ0n) is 17.9. The van der Waals surface area contributed by atoms with Gasteiger partial charge in [0.1, 0.15) is 0 Å². The van der Waals surface area contributed by atoms with Crippen LogP contribution in [0.5, 0.6) is 0 Å². The van der Waals surface area contributed by atoms with Crippen molar-refractivity contribution in [3.63, 3.8) is 0 Å². The van der Waals surface area contributed by atoms with E-state index in [1.54, 1.807) is 6.26 Å². The molecule has 4 fully saturated rings. The van der Waals surface area contributed by atoms with Gasteiger partial charge in [-0.1, -0.05) is 13.8 Å². The average molecular weight is 419 g/mol. The zero-order valence-corrected chi connectivity index (χ0v) is 17.9. The van der Waals surface area contributed by atoms with E-state index in [0.29, 0.717) is 25.7 Å². The van der Waals surface area contributed by atoms with Crippen molar-refractivity contribution < 1.29 is 24.8 Å². The lowest BCUT2D eigenvalue weighted by Crippen LogP contribution is -2.70. The summed E-state index contributed by atoms with van der Waals surface area (Å²) in [5, 5.41) is 45.0. The van der Waals surface area contributed by atoms with E-state index in [9.17, 15) is 25.2 Å². The first-order chi connectivity index (χ1) is 14.1. The Morgan fingerprint density at radius 1 is 1.00 bits per heavy atom. The molecular formula is C24H34O6. The van der Waals surface area contributed by atoms with Gasteiger partial charge in [-0.05, 0) is 74.3 Å². The fourth-order valence-electron chi connectivity index (χ4n) is 8.38. The predicted molar refractivity (Wildman–Crippen MR) is 110 cm³/mol. The third-order valence-corrected chi connectivity index (χ3v) is 10.2. The van der Waals surface area contributed by atoms with Gasteiger partial charge < -0.3 is 24.8 Å². The summed E-state index contributed by atoms with van der Waals surface area (Å²) in [4.78, 5) is 11.4. The highest BCUT2D eigenvalue weighted by Crippen LogP contribution is 2.71. The Labute approximate surface area is 176 Å². The maximum atomic E-state index is 12.2. The lowest BCUT2D eigenvalue weighted by atomic mass is 9.41. The molecule has 4 aliphatic carbocycles. The fourth-order valence-corrected chi connectivity index (χ4v) is 8.38. The van der Waals surface area contributed by atoms with Crippen LogP contribution < -0.4 is 5.63 Å². The molecule has 1 aromatic rings. The van der Waals surface area contributed by atoms with E-state index in [0.717, 1.165) is 24.8 Å². The van der Waals surface area contributed by atoms with Gasteiger partial charge in [0.2, 0.25) is 0 Å². The molecule has 0 amide bonds. The maximum absolute atomic E-state index is 12.2. The van der Waals surface area contributed by atoms with E-state index in [4.69, 9.17) is 4.42 Å². The van der Waals surface area contributed by atoms with Gasteiger partial charge in [-0.3, -0.25) is 0 Å². The van der Waals surface area contributed by atoms with E-state index < -0.39 is 28.8 Å². The van der Waals surface area contributed by atoms with E-state index in [-0.39, 0.29) is 35.2 Å². The van der Waals surface area contributed by atoms with Crippen LogP contribution in [-0.4, -0.2) is 43.8 Å². The third kappa shape index (κ3) is 2.42. The second-order valence-electron chi connectivity index (χ2n) is 11.0. The molecular weight excluding hydrogens is 384 g/mol. The largest absolute Gasteiger partial charge is 0.431 e. The predicted octanol–water partition coefficient (Wildman–Crippen LogP) is 2.33. The summed E-state index contributed by atoms with van der Waals surface area (Å²) in [6.45, 7) is 4.14. The SMILES string of the molecule is C[C@]12[C@H](O)C[C@H](O)C[C@@]1(O)CC[C@@H]1[C@@H]2CC[C@]2(C)[C@@H](c3ccc(=O)oc3)CC[C@]12O. The molecule has 4 saturated carbocycles. The Balaban J connectivity index is 1.52. The first kappa shape index (κ1) is 20.7. The first-order valence-corrected chi connectivity index (χ1v) is 11.4. The van der Waals surface area contributed by atoms with Crippen molar-refractivity contribution >= 4 is 0 Å². The summed E-state index contributed by atoms with van der Waals surface area (Å²) in [5.74, 6) is 0.107. The summed E-state index contributed by atoms with van der Waals surface area (Å²) in [7, 11) is 0. The minimum atomic E-state index is -1.10. The Morgan fingerprint density at radius 3 is 2.43 bits per heavy atom. The molecule has 1 aromatic heterocycles. The standard InChI is InChI=1S/C24H34O6/c1-21-8-5-17-18(6-9-23(28)12-15(25)11-19(26)22(17,23)2)24(21,29)10-7-16(21)14-3-4-20(27)30-13-14/h3-4,13,15-19,25-26,28-29H,5-12H2,1-2H3/t15-,16+,17-,18+,19+,21+,22-,23-,24-/m0/s1. The number of aliphatic hydroxyl groups excluding tert-OH is 2. The molecule has 4 aliphatic rings. The molecule has 166 valence electrons. The molecule has 0 aliphatic heterocycles. The Hall–Kier alpha value is -1.21. The van der Waals surface area contributed by atoms with Crippen molar-refractivity contribution in [1.29, 1.82) is 0 Å². The lowest BCUT2D eigenvalue weighted by Gasteiger charge is -2.67. The molecule has 0 aromatic carbocycles.